The van der Waals surface area contributed by atoms with Crippen LogP contribution in [0.15, 0.2) is 24.3 Å². The van der Waals surface area contributed by atoms with Gasteiger partial charge in [0.1, 0.15) is 0 Å². The zero-order chi connectivity index (χ0) is 13.8. The first-order chi connectivity index (χ1) is 8.28. The van der Waals surface area contributed by atoms with E-state index < -0.39 is 21.9 Å². The van der Waals surface area contributed by atoms with E-state index in [9.17, 15) is 18.0 Å². The highest BCUT2D eigenvalue weighted by molar-refractivity contribution is 7.88. The lowest BCUT2D eigenvalue weighted by Gasteiger charge is -2.06. The van der Waals surface area contributed by atoms with Gasteiger partial charge in [0.25, 0.3) is 0 Å². The number of carbonyl (C=O) groups is 2. The Bertz CT molecular complexity index is 567. The number of benzene rings is 1. The number of hydrogen-bond acceptors (Lipinski definition) is 4. The quantitative estimate of drug-likeness (QED) is 0.655. The van der Waals surface area contributed by atoms with Gasteiger partial charge in [0.15, 0.2) is 0 Å². The van der Waals surface area contributed by atoms with Crippen molar-refractivity contribution in [1.82, 2.24) is 4.72 Å². The summed E-state index contributed by atoms with van der Waals surface area (Å²) in [6.07, 6.45) is 1.03. The molecule has 3 N–H and O–H groups in total. The van der Waals surface area contributed by atoms with Crippen LogP contribution >= 0.6 is 0 Å². The van der Waals surface area contributed by atoms with E-state index in [0.717, 1.165) is 6.26 Å². The van der Waals surface area contributed by atoms with Crippen molar-refractivity contribution in [3.05, 3.63) is 29.8 Å². The standard InChI is InChI=1S/C10H12N2O5S/c1-18(16,17)11-6-7-3-2-4-8(5-7)12-9(13)10(14)15/h2-5,11H,6H2,1H3,(H,12,13)(H,14,15). The van der Waals surface area contributed by atoms with E-state index in [0.29, 0.717) is 5.56 Å². The zero-order valence-corrected chi connectivity index (χ0v) is 10.3. The molecule has 98 valence electrons. The van der Waals surface area contributed by atoms with Gasteiger partial charge in [0.2, 0.25) is 10.0 Å². The topological polar surface area (TPSA) is 113 Å². The number of aliphatic carboxylic acids is 1. The fraction of sp³-hybridized carbons (Fsp3) is 0.200. The molecule has 0 unspecified atom stereocenters. The van der Waals surface area contributed by atoms with Crippen molar-refractivity contribution < 1.29 is 23.1 Å². The molecule has 0 heterocycles. The van der Waals surface area contributed by atoms with Crippen LogP contribution < -0.4 is 10.0 Å². The molecule has 0 radical (unpaired) electrons. The molecule has 0 aromatic heterocycles. The van der Waals surface area contributed by atoms with Crippen LogP contribution in [-0.4, -0.2) is 31.7 Å². The summed E-state index contributed by atoms with van der Waals surface area (Å²) in [6, 6.07) is 6.22. The van der Waals surface area contributed by atoms with Crippen LogP contribution in [0.2, 0.25) is 0 Å². The first kappa shape index (κ1) is 14.1. The summed E-state index contributed by atoms with van der Waals surface area (Å²) in [6.45, 7) is 0.0651. The van der Waals surface area contributed by atoms with Crippen LogP contribution in [-0.2, 0) is 26.2 Å². The summed E-state index contributed by atoms with van der Waals surface area (Å²) in [4.78, 5) is 21.3. The monoisotopic (exact) mass is 272 g/mol. The number of sulfonamides is 1. The van der Waals surface area contributed by atoms with Gasteiger partial charge < -0.3 is 10.4 Å². The third-order valence-corrected chi connectivity index (χ3v) is 2.59. The molecule has 0 aliphatic heterocycles. The zero-order valence-electron chi connectivity index (χ0n) is 9.50. The molecule has 0 spiro atoms. The average Bonchev–Trinajstić information content (AvgIpc) is 2.26. The van der Waals surface area contributed by atoms with Crippen LogP contribution in [0, 0.1) is 0 Å². The predicted octanol–water partition coefficient (Wildman–Crippen LogP) is -0.241. The van der Waals surface area contributed by atoms with Crippen molar-refractivity contribution in [2.24, 2.45) is 0 Å². The lowest BCUT2D eigenvalue weighted by molar-refractivity contribution is -0.147. The Labute approximate surface area is 104 Å². The van der Waals surface area contributed by atoms with Crippen molar-refractivity contribution in [1.29, 1.82) is 0 Å². The van der Waals surface area contributed by atoms with Gasteiger partial charge >= 0.3 is 11.9 Å². The molecule has 0 bridgehead atoms. The molecule has 0 atom stereocenters. The summed E-state index contributed by atoms with van der Waals surface area (Å²) < 4.78 is 24.1. The highest BCUT2D eigenvalue weighted by Gasteiger charge is 2.11. The summed E-state index contributed by atoms with van der Waals surface area (Å²) in [5.41, 5.74) is 0.888. The molecule has 8 heteroatoms. The van der Waals surface area contributed by atoms with Crippen LogP contribution in [0.3, 0.4) is 0 Å². The minimum Gasteiger partial charge on any atom is -0.474 e. The minimum atomic E-state index is -3.30. The number of nitrogens with one attached hydrogen (secondary N) is 2. The third-order valence-electron chi connectivity index (χ3n) is 1.92. The predicted molar refractivity (Wildman–Crippen MR) is 64.4 cm³/mol. The molecule has 0 aliphatic rings. The first-order valence-corrected chi connectivity index (χ1v) is 6.75. The van der Waals surface area contributed by atoms with E-state index in [1.54, 1.807) is 12.1 Å². The lowest BCUT2D eigenvalue weighted by atomic mass is 10.2. The molecule has 18 heavy (non-hydrogen) atoms. The summed E-state index contributed by atoms with van der Waals surface area (Å²) >= 11 is 0. The van der Waals surface area contributed by atoms with Crippen molar-refractivity contribution in [3.8, 4) is 0 Å². The number of amides is 1. The molecule has 1 rings (SSSR count). The maximum absolute atomic E-state index is 10.9. The molecule has 0 saturated heterocycles. The highest BCUT2D eigenvalue weighted by Crippen LogP contribution is 2.10. The number of carbonyl (C=O) groups excluding carboxylic acids is 1. The molecule has 1 aromatic rings. The van der Waals surface area contributed by atoms with E-state index in [1.165, 1.54) is 12.1 Å². The number of anilines is 1. The summed E-state index contributed by atoms with van der Waals surface area (Å²) in [5.74, 6) is -2.74. The molecule has 0 saturated carbocycles. The van der Waals surface area contributed by atoms with E-state index in [2.05, 4.69) is 10.0 Å². The SMILES string of the molecule is CS(=O)(=O)NCc1cccc(NC(=O)C(=O)O)c1. The third kappa shape index (κ3) is 4.93. The Morgan fingerprint density at radius 2 is 2.00 bits per heavy atom. The van der Waals surface area contributed by atoms with Gasteiger partial charge in [-0.25, -0.2) is 17.9 Å². The number of carboxylic acids is 1. The Hall–Kier alpha value is -1.93. The fourth-order valence-electron chi connectivity index (χ4n) is 1.16. The van der Waals surface area contributed by atoms with Crippen LogP contribution in [0.1, 0.15) is 5.56 Å². The van der Waals surface area contributed by atoms with Crippen molar-refractivity contribution in [2.45, 2.75) is 6.54 Å². The summed E-state index contributed by atoms with van der Waals surface area (Å²) in [7, 11) is -3.30. The molecule has 1 amide bonds. The summed E-state index contributed by atoms with van der Waals surface area (Å²) in [5, 5.41) is 10.6. The van der Waals surface area contributed by atoms with Crippen molar-refractivity contribution >= 4 is 27.6 Å². The minimum absolute atomic E-state index is 0.0651. The maximum Gasteiger partial charge on any atom is 0.394 e. The van der Waals surface area contributed by atoms with Gasteiger partial charge in [-0.3, -0.25) is 4.79 Å². The fourth-order valence-corrected chi connectivity index (χ4v) is 1.59. The van der Waals surface area contributed by atoms with Crippen molar-refractivity contribution in [3.63, 3.8) is 0 Å². The van der Waals surface area contributed by atoms with Gasteiger partial charge in [0.05, 0.1) is 6.26 Å². The van der Waals surface area contributed by atoms with Crippen LogP contribution in [0.5, 0.6) is 0 Å². The Morgan fingerprint density at radius 1 is 1.33 bits per heavy atom. The Morgan fingerprint density at radius 3 is 2.56 bits per heavy atom. The Kier molecular flexibility index (Phi) is 4.40. The Balaban J connectivity index is 2.74. The second-order valence-corrected chi connectivity index (χ2v) is 5.39. The highest BCUT2D eigenvalue weighted by atomic mass is 32.2. The maximum atomic E-state index is 10.9. The van der Waals surface area contributed by atoms with E-state index in [1.807, 2.05) is 0 Å². The van der Waals surface area contributed by atoms with Crippen LogP contribution in [0.25, 0.3) is 0 Å². The van der Waals surface area contributed by atoms with Crippen LogP contribution in [0.4, 0.5) is 5.69 Å². The smallest absolute Gasteiger partial charge is 0.394 e. The van der Waals surface area contributed by atoms with Gasteiger partial charge in [-0.05, 0) is 17.7 Å². The second-order valence-electron chi connectivity index (χ2n) is 3.55. The van der Waals surface area contributed by atoms with Crippen molar-refractivity contribution in [2.75, 3.05) is 11.6 Å². The van der Waals surface area contributed by atoms with Gasteiger partial charge in [-0.2, -0.15) is 0 Å². The van der Waals surface area contributed by atoms with E-state index >= 15 is 0 Å². The first-order valence-electron chi connectivity index (χ1n) is 4.86. The van der Waals surface area contributed by atoms with Gasteiger partial charge in [-0.15, -0.1) is 0 Å². The molecule has 0 aliphatic carbocycles. The van der Waals surface area contributed by atoms with E-state index in [4.69, 9.17) is 5.11 Å². The largest absolute Gasteiger partial charge is 0.474 e. The van der Waals surface area contributed by atoms with E-state index in [-0.39, 0.29) is 12.2 Å². The molecule has 1 aromatic carbocycles. The molecular weight excluding hydrogens is 260 g/mol. The molecule has 0 fully saturated rings. The normalized spacial score (nSPS) is 10.9. The molecular formula is C10H12N2O5S. The second kappa shape index (κ2) is 5.61. The lowest BCUT2D eigenvalue weighted by Crippen LogP contribution is -2.23. The number of rotatable bonds is 4. The van der Waals surface area contributed by atoms with Gasteiger partial charge in [0, 0.05) is 12.2 Å². The number of carboxylic acid groups (broad SMARTS) is 1. The van der Waals surface area contributed by atoms with Gasteiger partial charge in [-0.1, -0.05) is 12.1 Å². The number of hydrogen-bond donors (Lipinski definition) is 3. The average molecular weight is 272 g/mol. The molecule has 7 nitrogen and oxygen atoms in total.